The average Bonchev–Trinajstić information content (AvgIpc) is 2.55. The Balaban J connectivity index is 2.12. The number of amides is 1. The summed E-state index contributed by atoms with van der Waals surface area (Å²) in [5.41, 5.74) is 1.87. The molecule has 108 valence electrons. The van der Waals surface area contributed by atoms with E-state index in [-0.39, 0.29) is 5.91 Å². The van der Waals surface area contributed by atoms with E-state index in [1.807, 2.05) is 67.6 Å². The normalized spacial score (nSPS) is 10.6. The highest BCUT2D eigenvalue weighted by Crippen LogP contribution is 2.19. The van der Waals surface area contributed by atoms with Gasteiger partial charge in [0.25, 0.3) is 5.91 Å². The fourth-order valence-electron chi connectivity index (χ4n) is 2.05. The van der Waals surface area contributed by atoms with Crippen LogP contribution >= 0.6 is 0 Å². The Morgan fingerprint density at radius 3 is 2.33 bits per heavy atom. The van der Waals surface area contributed by atoms with E-state index in [0.29, 0.717) is 6.54 Å². The van der Waals surface area contributed by atoms with E-state index in [1.165, 1.54) is 0 Å². The predicted molar refractivity (Wildman–Crippen MR) is 86.5 cm³/mol. The number of carbonyl (C=O) groups excluding carboxylic acids is 1. The van der Waals surface area contributed by atoms with Gasteiger partial charge in [-0.15, -0.1) is 0 Å². The first-order chi connectivity index (χ1) is 10.2. The summed E-state index contributed by atoms with van der Waals surface area (Å²) in [4.78, 5) is 14.0. The van der Waals surface area contributed by atoms with Gasteiger partial charge in [0.1, 0.15) is 5.75 Å². The van der Waals surface area contributed by atoms with Gasteiger partial charge in [-0.3, -0.25) is 4.79 Å². The molecular formula is C18H19NO2. The fourth-order valence-corrected chi connectivity index (χ4v) is 2.05. The second kappa shape index (κ2) is 7.29. The molecule has 2 rings (SSSR count). The molecule has 0 aliphatic rings. The molecular weight excluding hydrogens is 262 g/mol. The highest BCUT2D eigenvalue weighted by molar-refractivity contribution is 6.03. The number of ether oxygens (including phenoxy) is 1. The van der Waals surface area contributed by atoms with Gasteiger partial charge in [-0.25, -0.2) is 0 Å². The van der Waals surface area contributed by atoms with Crippen LogP contribution in [0.15, 0.2) is 60.7 Å². The van der Waals surface area contributed by atoms with E-state index in [2.05, 4.69) is 0 Å². The second-order valence-electron chi connectivity index (χ2n) is 4.52. The Bertz CT molecular complexity index is 603. The average molecular weight is 281 g/mol. The maximum atomic E-state index is 12.3. The van der Waals surface area contributed by atoms with Gasteiger partial charge in [0.05, 0.1) is 7.11 Å². The summed E-state index contributed by atoms with van der Waals surface area (Å²) < 4.78 is 5.13. The first-order valence-corrected chi connectivity index (χ1v) is 6.93. The van der Waals surface area contributed by atoms with Crippen molar-refractivity contribution >= 4 is 17.7 Å². The standard InChI is InChI=1S/C18H19NO2/c1-3-19(16-10-12-17(21-2)13-11-16)18(20)14-9-15-7-5-4-6-8-15/h4-14H,3H2,1-2H3. The second-order valence-corrected chi connectivity index (χ2v) is 4.52. The quantitative estimate of drug-likeness (QED) is 0.781. The zero-order valence-electron chi connectivity index (χ0n) is 12.3. The molecule has 3 heteroatoms. The van der Waals surface area contributed by atoms with Crippen molar-refractivity contribution in [3.05, 3.63) is 66.2 Å². The number of hydrogen-bond acceptors (Lipinski definition) is 2. The van der Waals surface area contributed by atoms with E-state index in [1.54, 1.807) is 18.1 Å². The zero-order valence-corrected chi connectivity index (χ0v) is 12.3. The van der Waals surface area contributed by atoms with Gasteiger partial charge in [0.2, 0.25) is 0 Å². The van der Waals surface area contributed by atoms with Crippen molar-refractivity contribution in [3.63, 3.8) is 0 Å². The van der Waals surface area contributed by atoms with Crippen molar-refractivity contribution in [1.82, 2.24) is 0 Å². The van der Waals surface area contributed by atoms with Crippen LogP contribution in [-0.4, -0.2) is 19.6 Å². The van der Waals surface area contributed by atoms with Gasteiger partial charge < -0.3 is 9.64 Å². The summed E-state index contributed by atoms with van der Waals surface area (Å²) in [6.07, 6.45) is 3.43. The van der Waals surface area contributed by atoms with E-state index >= 15 is 0 Å². The summed E-state index contributed by atoms with van der Waals surface area (Å²) in [5.74, 6) is 0.744. The monoisotopic (exact) mass is 281 g/mol. The van der Waals surface area contributed by atoms with Crippen molar-refractivity contribution in [1.29, 1.82) is 0 Å². The SMILES string of the molecule is CCN(C(=O)C=Cc1ccccc1)c1ccc(OC)cc1. The minimum atomic E-state index is -0.0356. The smallest absolute Gasteiger partial charge is 0.250 e. The predicted octanol–water partition coefficient (Wildman–Crippen LogP) is 3.76. The highest BCUT2D eigenvalue weighted by Gasteiger charge is 2.10. The molecule has 0 spiro atoms. The van der Waals surface area contributed by atoms with Crippen molar-refractivity contribution in [2.75, 3.05) is 18.6 Å². The number of rotatable bonds is 5. The van der Waals surface area contributed by atoms with Crippen LogP contribution in [0.4, 0.5) is 5.69 Å². The van der Waals surface area contributed by atoms with Crippen LogP contribution in [0.3, 0.4) is 0 Å². The van der Waals surface area contributed by atoms with Gasteiger partial charge in [0, 0.05) is 18.3 Å². The minimum Gasteiger partial charge on any atom is -0.497 e. The third-order valence-corrected chi connectivity index (χ3v) is 3.18. The first kappa shape index (κ1) is 14.9. The van der Waals surface area contributed by atoms with Crippen molar-refractivity contribution in [3.8, 4) is 5.75 Å². The van der Waals surface area contributed by atoms with Crippen LogP contribution in [0, 0.1) is 0 Å². The fraction of sp³-hybridized carbons (Fsp3) is 0.167. The molecule has 2 aromatic rings. The maximum Gasteiger partial charge on any atom is 0.250 e. The molecule has 1 amide bonds. The van der Waals surface area contributed by atoms with Crippen LogP contribution in [-0.2, 0) is 4.79 Å². The lowest BCUT2D eigenvalue weighted by Crippen LogP contribution is -2.28. The van der Waals surface area contributed by atoms with Crippen LogP contribution < -0.4 is 9.64 Å². The lowest BCUT2D eigenvalue weighted by Gasteiger charge is -2.19. The van der Waals surface area contributed by atoms with E-state index < -0.39 is 0 Å². The Labute approximate surface area is 125 Å². The summed E-state index contributed by atoms with van der Waals surface area (Å²) >= 11 is 0. The molecule has 0 saturated carbocycles. The van der Waals surface area contributed by atoms with Crippen LogP contribution in [0.25, 0.3) is 6.08 Å². The largest absolute Gasteiger partial charge is 0.497 e. The number of carbonyl (C=O) groups is 1. The maximum absolute atomic E-state index is 12.3. The number of likely N-dealkylation sites (N-methyl/N-ethyl adjacent to an activating group) is 1. The third-order valence-electron chi connectivity index (χ3n) is 3.18. The summed E-state index contributed by atoms with van der Waals surface area (Å²) in [6, 6.07) is 17.3. The van der Waals surface area contributed by atoms with Crippen LogP contribution in [0.5, 0.6) is 5.75 Å². The molecule has 0 radical (unpaired) electrons. The Kier molecular flexibility index (Phi) is 5.16. The molecule has 0 unspecified atom stereocenters. The molecule has 0 saturated heterocycles. The van der Waals surface area contributed by atoms with E-state index in [0.717, 1.165) is 17.0 Å². The highest BCUT2D eigenvalue weighted by atomic mass is 16.5. The molecule has 0 aliphatic carbocycles. The van der Waals surface area contributed by atoms with E-state index in [9.17, 15) is 4.79 Å². The van der Waals surface area contributed by atoms with Crippen LogP contribution in [0.2, 0.25) is 0 Å². The summed E-state index contributed by atoms with van der Waals surface area (Å²) in [6.45, 7) is 2.57. The van der Waals surface area contributed by atoms with Crippen molar-refractivity contribution < 1.29 is 9.53 Å². The number of benzene rings is 2. The lowest BCUT2D eigenvalue weighted by molar-refractivity contribution is -0.114. The molecule has 3 nitrogen and oxygen atoms in total. The molecule has 0 aromatic heterocycles. The molecule has 0 fully saturated rings. The molecule has 0 bridgehead atoms. The lowest BCUT2D eigenvalue weighted by atomic mass is 10.2. The molecule has 2 aromatic carbocycles. The van der Waals surface area contributed by atoms with Crippen molar-refractivity contribution in [2.45, 2.75) is 6.92 Å². The Hall–Kier alpha value is -2.55. The first-order valence-electron chi connectivity index (χ1n) is 6.93. The molecule has 21 heavy (non-hydrogen) atoms. The number of methoxy groups -OCH3 is 1. The Morgan fingerprint density at radius 2 is 1.76 bits per heavy atom. The topological polar surface area (TPSA) is 29.5 Å². The number of nitrogens with zero attached hydrogens (tertiary/aromatic N) is 1. The number of hydrogen-bond donors (Lipinski definition) is 0. The Morgan fingerprint density at radius 1 is 1.10 bits per heavy atom. The summed E-state index contributed by atoms with van der Waals surface area (Å²) in [5, 5.41) is 0. The van der Waals surface area contributed by atoms with E-state index in [4.69, 9.17) is 4.74 Å². The minimum absolute atomic E-state index is 0.0356. The van der Waals surface area contributed by atoms with Gasteiger partial charge >= 0.3 is 0 Å². The zero-order chi connectivity index (χ0) is 15.1. The van der Waals surface area contributed by atoms with Gasteiger partial charge in [0.15, 0.2) is 0 Å². The van der Waals surface area contributed by atoms with Gasteiger partial charge in [-0.2, -0.15) is 0 Å². The molecule has 0 atom stereocenters. The molecule has 0 heterocycles. The van der Waals surface area contributed by atoms with Gasteiger partial charge in [-0.1, -0.05) is 30.3 Å². The van der Waals surface area contributed by atoms with Gasteiger partial charge in [-0.05, 0) is 42.8 Å². The number of anilines is 1. The molecule has 0 aliphatic heterocycles. The molecule has 0 N–H and O–H groups in total. The van der Waals surface area contributed by atoms with Crippen molar-refractivity contribution in [2.24, 2.45) is 0 Å². The third kappa shape index (κ3) is 3.96. The van der Waals surface area contributed by atoms with Crippen LogP contribution in [0.1, 0.15) is 12.5 Å². The summed E-state index contributed by atoms with van der Waals surface area (Å²) in [7, 11) is 1.63.